The van der Waals surface area contributed by atoms with E-state index in [2.05, 4.69) is 32.3 Å². The van der Waals surface area contributed by atoms with E-state index in [9.17, 15) is 14.4 Å². The first kappa shape index (κ1) is 34.4. The number of aryl methyl sites for hydroxylation is 1. The Hall–Kier alpha value is -5.04. The van der Waals surface area contributed by atoms with Gasteiger partial charge in [0, 0.05) is 61.2 Å². The van der Waals surface area contributed by atoms with E-state index in [4.69, 9.17) is 9.26 Å². The molecule has 2 saturated heterocycles. The van der Waals surface area contributed by atoms with E-state index >= 15 is 8.78 Å². The van der Waals surface area contributed by atoms with Gasteiger partial charge in [-0.15, -0.1) is 0 Å². The molecule has 1 atom stereocenters. The van der Waals surface area contributed by atoms with Crippen molar-refractivity contribution in [1.29, 1.82) is 0 Å². The van der Waals surface area contributed by atoms with Gasteiger partial charge in [-0.2, -0.15) is 0 Å². The SMILES string of the molecule is CCC(c1ccc(-c2cnc(-c3cc(C(=O)OC(C)(C)C)on3)nc2C)c(F)c1)N1CC2(CC(c3ccc(N4CCC(=O)NC4=O)c(F)c3)C2)C1. The number of nitrogens with zero attached hydrogens (tertiary/aromatic N) is 5. The zero-order valence-corrected chi connectivity index (χ0v) is 29.3. The second kappa shape index (κ2) is 12.9. The van der Waals surface area contributed by atoms with Crippen molar-refractivity contribution in [3.8, 4) is 22.6 Å². The predicted octanol–water partition coefficient (Wildman–Crippen LogP) is 7.12. The maximum Gasteiger partial charge on any atom is 0.377 e. The van der Waals surface area contributed by atoms with Crippen LogP contribution in [0.4, 0.5) is 19.3 Å². The fraction of sp³-hybridized carbons (Fsp3) is 0.421. The van der Waals surface area contributed by atoms with Gasteiger partial charge >= 0.3 is 12.0 Å². The first-order valence-corrected chi connectivity index (χ1v) is 17.2. The monoisotopic (exact) mass is 698 g/mol. The van der Waals surface area contributed by atoms with Crippen LogP contribution in [0, 0.1) is 24.0 Å². The van der Waals surface area contributed by atoms with E-state index in [1.54, 1.807) is 52.1 Å². The molecular weight excluding hydrogens is 658 g/mol. The average Bonchev–Trinajstić information content (AvgIpc) is 3.52. The number of rotatable bonds is 8. The Kier molecular flexibility index (Phi) is 8.73. The molecule has 4 heterocycles. The molecule has 3 fully saturated rings. The highest BCUT2D eigenvalue weighted by atomic mass is 19.1. The Morgan fingerprint density at radius 2 is 1.84 bits per heavy atom. The summed E-state index contributed by atoms with van der Waals surface area (Å²) in [6.07, 6.45) is 4.39. The smallest absolute Gasteiger partial charge is 0.377 e. The van der Waals surface area contributed by atoms with Crippen molar-refractivity contribution in [2.75, 3.05) is 24.5 Å². The summed E-state index contributed by atoms with van der Waals surface area (Å²) in [5, 5.41) is 6.15. The van der Waals surface area contributed by atoms with Gasteiger partial charge in [-0.05, 0) is 87.6 Å². The van der Waals surface area contributed by atoms with Gasteiger partial charge in [0.05, 0.1) is 5.69 Å². The molecule has 11 nitrogen and oxygen atoms in total. The van der Waals surface area contributed by atoms with Crippen LogP contribution >= 0.6 is 0 Å². The zero-order valence-electron chi connectivity index (χ0n) is 29.3. The molecule has 3 aliphatic rings. The molecule has 1 N–H and O–H groups in total. The number of anilines is 1. The van der Waals surface area contributed by atoms with E-state index in [1.807, 2.05) is 12.1 Å². The van der Waals surface area contributed by atoms with Crippen molar-refractivity contribution in [3.63, 3.8) is 0 Å². The lowest BCUT2D eigenvalue weighted by atomic mass is 9.55. The first-order chi connectivity index (χ1) is 24.2. The number of benzene rings is 2. The third kappa shape index (κ3) is 6.74. The number of hydrogen-bond donors (Lipinski definition) is 1. The van der Waals surface area contributed by atoms with Crippen molar-refractivity contribution in [1.82, 2.24) is 25.3 Å². The van der Waals surface area contributed by atoms with Crippen molar-refractivity contribution in [2.45, 2.75) is 77.9 Å². The Bertz CT molecular complexity index is 2030. The number of carbonyl (C=O) groups excluding carboxylic acids is 3. The van der Waals surface area contributed by atoms with Crippen LogP contribution in [0.3, 0.4) is 0 Å². The lowest BCUT2D eigenvalue weighted by Crippen LogP contribution is -2.62. The molecule has 0 radical (unpaired) electrons. The maximum absolute atomic E-state index is 15.7. The molecule has 1 saturated carbocycles. The Morgan fingerprint density at radius 3 is 2.49 bits per heavy atom. The molecule has 1 unspecified atom stereocenters. The number of aromatic nitrogens is 3. The van der Waals surface area contributed by atoms with Gasteiger partial charge < -0.3 is 9.26 Å². The number of halogens is 2. The quantitative estimate of drug-likeness (QED) is 0.191. The molecule has 7 rings (SSSR count). The Morgan fingerprint density at radius 1 is 1.08 bits per heavy atom. The number of esters is 1. The van der Waals surface area contributed by atoms with E-state index in [1.165, 1.54) is 17.0 Å². The summed E-state index contributed by atoms with van der Waals surface area (Å²) in [4.78, 5) is 48.5. The molecular formula is C38H40F2N6O5. The standard InChI is InChI=1S/C38H40F2N6O5/c1-6-30(45-19-38(20-45)16-24(17-38)22-8-10-31(28(40)13-22)46-12-11-33(47)43-36(46)49)23-7-9-25(27(39)14-23)26-18-41-34(42-21(26)2)29-15-32(51-44-29)35(48)50-37(3,4)5/h7-10,13-15,18,24,30H,6,11-12,16-17,19-20H2,1-5H3,(H,43,47,49). The molecule has 3 amide bonds. The van der Waals surface area contributed by atoms with Crippen LogP contribution in [-0.2, 0) is 9.53 Å². The number of imide groups is 1. The van der Waals surface area contributed by atoms with Crippen LogP contribution < -0.4 is 10.2 Å². The second-order valence-electron chi connectivity index (χ2n) is 14.9. The van der Waals surface area contributed by atoms with E-state index in [0.717, 1.165) is 43.5 Å². The molecule has 2 aromatic carbocycles. The molecule has 2 aliphatic heterocycles. The maximum atomic E-state index is 15.7. The van der Waals surface area contributed by atoms with E-state index < -0.39 is 23.4 Å². The summed E-state index contributed by atoms with van der Waals surface area (Å²) in [5.41, 5.74) is 3.22. The van der Waals surface area contributed by atoms with Gasteiger partial charge in [0.25, 0.3) is 0 Å². The zero-order chi connectivity index (χ0) is 36.2. The Balaban J connectivity index is 0.975. The minimum Gasteiger partial charge on any atom is -0.454 e. The van der Waals surface area contributed by atoms with Crippen molar-refractivity contribution < 1.29 is 32.4 Å². The van der Waals surface area contributed by atoms with Crippen molar-refractivity contribution in [2.24, 2.45) is 5.41 Å². The number of likely N-dealkylation sites (tertiary alicyclic amines) is 1. The second-order valence-corrected chi connectivity index (χ2v) is 14.9. The van der Waals surface area contributed by atoms with Crippen LogP contribution in [0.5, 0.6) is 0 Å². The van der Waals surface area contributed by atoms with Crippen LogP contribution in [0.25, 0.3) is 22.6 Å². The van der Waals surface area contributed by atoms with Crippen LogP contribution in [0.2, 0.25) is 0 Å². The molecule has 51 heavy (non-hydrogen) atoms. The topological polar surface area (TPSA) is 131 Å². The summed E-state index contributed by atoms with van der Waals surface area (Å²) in [6, 6.07) is 11.2. The summed E-state index contributed by atoms with van der Waals surface area (Å²) in [5.74, 6) is -1.41. The van der Waals surface area contributed by atoms with Gasteiger partial charge in [-0.1, -0.05) is 30.3 Å². The largest absolute Gasteiger partial charge is 0.454 e. The molecule has 1 spiro atoms. The summed E-state index contributed by atoms with van der Waals surface area (Å²) in [7, 11) is 0. The third-order valence-electron chi connectivity index (χ3n) is 10.0. The average molecular weight is 699 g/mol. The molecule has 13 heteroatoms. The summed E-state index contributed by atoms with van der Waals surface area (Å²) >= 11 is 0. The predicted molar refractivity (Wildman–Crippen MR) is 184 cm³/mol. The number of nitrogens with one attached hydrogen (secondary N) is 1. The van der Waals surface area contributed by atoms with Gasteiger partial charge in [0.1, 0.15) is 17.2 Å². The summed E-state index contributed by atoms with van der Waals surface area (Å²) in [6.45, 7) is 11.1. The van der Waals surface area contributed by atoms with Gasteiger partial charge in [-0.3, -0.25) is 19.9 Å². The van der Waals surface area contributed by atoms with E-state index in [-0.39, 0.29) is 65.0 Å². The minimum atomic E-state index is -0.687. The molecule has 0 bridgehead atoms. The number of hydrogen-bond acceptors (Lipinski definition) is 9. The fourth-order valence-electron chi connectivity index (χ4n) is 7.63. The highest BCUT2D eigenvalue weighted by molar-refractivity contribution is 6.05. The minimum absolute atomic E-state index is 0.0589. The highest BCUT2D eigenvalue weighted by Crippen LogP contribution is 2.58. The number of amides is 3. The lowest BCUT2D eigenvalue weighted by Gasteiger charge is -2.61. The van der Waals surface area contributed by atoms with E-state index in [0.29, 0.717) is 16.8 Å². The van der Waals surface area contributed by atoms with Gasteiger partial charge in [0.2, 0.25) is 11.7 Å². The van der Waals surface area contributed by atoms with Gasteiger partial charge in [0.15, 0.2) is 11.5 Å². The van der Waals surface area contributed by atoms with Crippen molar-refractivity contribution in [3.05, 3.63) is 82.9 Å². The van der Waals surface area contributed by atoms with Crippen LogP contribution in [0.15, 0.2) is 53.2 Å². The number of carbonyl (C=O) groups is 3. The molecule has 1 aliphatic carbocycles. The van der Waals surface area contributed by atoms with Crippen molar-refractivity contribution >= 4 is 23.6 Å². The van der Waals surface area contributed by atoms with Gasteiger partial charge in [-0.25, -0.2) is 28.3 Å². The Labute approximate surface area is 294 Å². The number of ether oxygens (including phenoxy) is 1. The normalized spacial score (nSPS) is 18.3. The first-order valence-electron chi connectivity index (χ1n) is 17.2. The molecule has 2 aromatic heterocycles. The lowest BCUT2D eigenvalue weighted by molar-refractivity contribution is -0.120. The molecule has 4 aromatic rings. The fourth-order valence-corrected chi connectivity index (χ4v) is 7.63. The van der Waals surface area contributed by atoms with Crippen LogP contribution in [0.1, 0.15) is 92.7 Å². The third-order valence-corrected chi connectivity index (χ3v) is 10.0. The summed E-state index contributed by atoms with van der Waals surface area (Å²) < 4.78 is 41.3. The number of urea groups is 1. The molecule has 266 valence electrons. The highest BCUT2D eigenvalue weighted by Gasteiger charge is 2.53. The van der Waals surface area contributed by atoms with Crippen LogP contribution in [-0.4, -0.2) is 63.2 Å².